The van der Waals surface area contributed by atoms with Gasteiger partial charge in [0.1, 0.15) is 29.6 Å². The van der Waals surface area contributed by atoms with Crippen LogP contribution in [0.15, 0.2) is 71.7 Å². The van der Waals surface area contributed by atoms with E-state index in [2.05, 4.69) is 26.3 Å². The number of amides is 5. The molecule has 4 atom stereocenters. The number of hydrogen-bond acceptors (Lipinski definition) is 8. The average molecular weight is 820 g/mol. The van der Waals surface area contributed by atoms with Gasteiger partial charge in [0.25, 0.3) is 17.4 Å². The number of anilines is 2. The van der Waals surface area contributed by atoms with Crippen molar-refractivity contribution in [1.82, 2.24) is 25.1 Å². The number of halogens is 1. The molecule has 2 heterocycles. The number of rotatable bonds is 18. The van der Waals surface area contributed by atoms with Crippen LogP contribution >= 0.6 is 11.6 Å². The number of hydrogen-bond donors (Lipinski definition) is 7. The molecule has 2 aromatic carbocycles. The highest BCUT2D eigenvalue weighted by molar-refractivity contribution is 6.31. The number of H-pyrrole nitrogens is 1. The summed E-state index contributed by atoms with van der Waals surface area (Å²) in [5.41, 5.74) is 0.194. The Balaban J connectivity index is 1.47. The molecule has 4 rings (SSSR count). The Hall–Kier alpha value is -6.49. The van der Waals surface area contributed by atoms with E-state index < -0.39 is 84.0 Å². The summed E-state index contributed by atoms with van der Waals surface area (Å²) in [6.07, 6.45) is 0.965. The van der Waals surface area contributed by atoms with Crippen LogP contribution in [0.4, 0.5) is 11.5 Å². The Kier molecular flexibility index (Phi) is 14.9. The van der Waals surface area contributed by atoms with Crippen LogP contribution < -0.4 is 26.8 Å². The average Bonchev–Trinajstić information content (AvgIpc) is 3.56. The molecule has 5 amide bonds. The normalized spacial score (nSPS) is 13.2. The standard InChI is InChI=1S/C40H46ClN7O10/c1-6-22(4)34(37(54)45-29(19-33(50)51)38(55)47(5)20-32(49)43-30(40(57)58)16-21(2)3)48-15-7-8-28(39(48)56)44-35(52)23-9-11-24(12-10-23)36(53)46-31-18-25-17-26(41)13-14-27(25)42-31/h7-15,17-18,21-22,29-30,34,42H,6,16,19-20H2,1-5H3,(H,43,49)(H,44,52)(H,45,54)(H,46,53)(H,50,51)(H,57,58)/t22?,29-,30-,34?/m0/s1. The molecule has 2 aromatic heterocycles. The monoisotopic (exact) mass is 819 g/mol. The number of aliphatic carboxylic acids is 2. The number of carboxylic acid groups (broad SMARTS) is 2. The quantitative estimate of drug-likeness (QED) is 0.0757. The number of aromatic nitrogens is 2. The summed E-state index contributed by atoms with van der Waals surface area (Å²) in [4.78, 5) is 107. The Bertz CT molecular complexity index is 2250. The van der Waals surface area contributed by atoms with Crippen LogP contribution in [0, 0.1) is 11.8 Å². The van der Waals surface area contributed by atoms with E-state index in [1.54, 1.807) is 52.0 Å². The summed E-state index contributed by atoms with van der Waals surface area (Å²) in [7, 11) is 1.20. The van der Waals surface area contributed by atoms with Crippen molar-refractivity contribution in [2.75, 3.05) is 24.2 Å². The van der Waals surface area contributed by atoms with Crippen molar-refractivity contribution < 1.29 is 43.8 Å². The second-order valence-electron chi connectivity index (χ2n) is 14.3. The summed E-state index contributed by atoms with van der Waals surface area (Å²) in [5.74, 6) is -6.59. The molecule has 0 spiro atoms. The fourth-order valence-electron chi connectivity index (χ4n) is 6.16. The first-order chi connectivity index (χ1) is 27.4. The zero-order valence-electron chi connectivity index (χ0n) is 32.5. The zero-order valence-corrected chi connectivity index (χ0v) is 33.3. The van der Waals surface area contributed by atoms with E-state index in [1.807, 2.05) is 0 Å². The van der Waals surface area contributed by atoms with E-state index >= 15 is 0 Å². The first-order valence-corrected chi connectivity index (χ1v) is 18.8. The third kappa shape index (κ3) is 11.5. The molecule has 4 aromatic rings. The van der Waals surface area contributed by atoms with E-state index in [9.17, 15) is 48.6 Å². The molecule has 18 heteroatoms. The maximum Gasteiger partial charge on any atom is 0.326 e. The van der Waals surface area contributed by atoms with Crippen LogP contribution in [-0.4, -0.2) is 91.8 Å². The van der Waals surface area contributed by atoms with Crippen LogP contribution in [0.25, 0.3) is 10.9 Å². The molecule has 0 fully saturated rings. The molecule has 0 aliphatic carbocycles. The van der Waals surface area contributed by atoms with Gasteiger partial charge in [-0.15, -0.1) is 0 Å². The molecule has 0 aliphatic heterocycles. The van der Waals surface area contributed by atoms with Crippen molar-refractivity contribution in [1.29, 1.82) is 0 Å². The molecule has 2 unspecified atom stereocenters. The molecule has 7 N–H and O–H groups in total. The number of carbonyl (C=O) groups is 7. The lowest BCUT2D eigenvalue weighted by Crippen LogP contribution is -2.53. The van der Waals surface area contributed by atoms with Gasteiger partial charge in [0.05, 0.1) is 13.0 Å². The van der Waals surface area contributed by atoms with Gasteiger partial charge in [-0.25, -0.2) is 4.79 Å². The van der Waals surface area contributed by atoms with Gasteiger partial charge in [0.15, 0.2) is 0 Å². The first kappa shape index (κ1) is 44.2. The minimum Gasteiger partial charge on any atom is -0.481 e. The summed E-state index contributed by atoms with van der Waals surface area (Å²) >= 11 is 6.05. The van der Waals surface area contributed by atoms with Gasteiger partial charge < -0.3 is 45.9 Å². The summed E-state index contributed by atoms with van der Waals surface area (Å²) in [6.45, 7) is 6.36. The molecule has 308 valence electrons. The lowest BCUT2D eigenvalue weighted by Gasteiger charge is -2.29. The second-order valence-corrected chi connectivity index (χ2v) is 14.7. The third-order valence-electron chi connectivity index (χ3n) is 9.30. The van der Waals surface area contributed by atoms with E-state index in [0.717, 1.165) is 20.4 Å². The molecular formula is C40H46ClN7O10. The molecule has 0 saturated carbocycles. The lowest BCUT2D eigenvalue weighted by atomic mass is 9.97. The number of benzene rings is 2. The highest BCUT2D eigenvalue weighted by Crippen LogP contribution is 2.24. The van der Waals surface area contributed by atoms with Crippen LogP contribution in [0.5, 0.6) is 0 Å². The molecule has 0 bridgehead atoms. The second kappa shape index (κ2) is 19.6. The lowest BCUT2D eigenvalue weighted by molar-refractivity contribution is -0.145. The largest absolute Gasteiger partial charge is 0.481 e. The fraction of sp³-hybridized carbons (Fsp3) is 0.350. The number of pyridine rings is 1. The maximum atomic E-state index is 13.9. The van der Waals surface area contributed by atoms with Gasteiger partial charge in [-0.2, -0.15) is 0 Å². The van der Waals surface area contributed by atoms with E-state index in [1.165, 1.54) is 49.6 Å². The van der Waals surface area contributed by atoms with Gasteiger partial charge in [-0.1, -0.05) is 45.7 Å². The predicted molar refractivity (Wildman–Crippen MR) is 216 cm³/mol. The van der Waals surface area contributed by atoms with Crippen molar-refractivity contribution in [2.24, 2.45) is 11.8 Å². The topological polar surface area (TPSA) is 249 Å². The predicted octanol–water partition coefficient (Wildman–Crippen LogP) is 4.11. The van der Waals surface area contributed by atoms with Gasteiger partial charge in [0.2, 0.25) is 17.7 Å². The van der Waals surface area contributed by atoms with Crippen LogP contribution in [0.1, 0.15) is 73.7 Å². The van der Waals surface area contributed by atoms with E-state index in [0.29, 0.717) is 17.3 Å². The van der Waals surface area contributed by atoms with Gasteiger partial charge in [-0.3, -0.25) is 33.6 Å². The van der Waals surface area contributed by atoms with Crippen molar-refractivity contribution >= 4 is 75.5 Å². The molecule has 0 saturated heterocycles. The van der Waals surface area contributed by atoms with Crippen LogP contribution in [-0.2, 0) is 24.0 Å². The number of aromatic amines is 1. The maximum absolute atomic E-state index is 13.9. The van der Waals surface area contributed by atoms with Crippen molar-refractivity contribution in [3.63, 3.8) is 0 Å². The Labute approximate surface area is 338 Å². The summed E-state index contributed by atoms with van der Waals surface area (Å²) in [6, 6.07) is 11.3. The molecular weight excluding hydrogens is 774 g/mol. The smallest absolute Gasteiger partial charge is 0.326 e. The van der Waals surface area contributed by atoms with Gasteiger partial charge in [0, 0.05) is 40.3 Å². The first-order valence-electron chi connectivity index (χ1n) is 18.4. The highest BCUT2D eigenvalue weighted by Gasteiger charge is 2.34. The van der Waals surface area contributed by atoms with Gasteiger partial charge in [-0.05, 0) is 78.9 Å². The number of nitrogens with zero attached hydrogens (tertiary/aromatic N) is 2. The Morgan fingerprint density at radius 1 is 0.862 bits per heavy atom. The minimum absolute atomic E-state index is 0.0583. The molecule has 58 heavy (non-hydrogen) atoms. The summed E-state index contributed by atoms with van der Waals surface area (Å²) < 4.78 is 1.07. The van der Waals surface area contributed by atoms with Crippen LogP contribution in [0.3, 0.4) is 0 Å². The Morgan fingerprint density at radius 3 is 2.09 bits per heavy atom. The zero-order chi connectivity index (χ0) is 42.8. The number of likely N-dealkylation sites (N-methyl/N-ethyl adjacent to an activating group) is 1. The SMILES string of the molecule is CCC(C)C(C(=O)N[C@@H](CC(=O)O)C(=O)N(C)CC(=O)N[C@@H](CC(C)C)C(=O)O)n1cccc(NC(=O)c2ccc(C(=O)Nc3cc4cc(Cl)ccc4[nH]3)cc2)c1=O. The number of carboxylic acids is 2. The third-order valence-corrected chi connectivity index (χ3v) is 9.54. The fourth-order valence-corrected chi connectivity index (χ4v) is 6.34. The van der Waals surface area contributed by atoms with Crippen molar-refractivity contribution in [3.05, 3.63) is 93.4 Å². The molecule has 0 radical (unpaired) electrons. The van der Waals surface area contributed by atoms with E-state index in [4.69, 9.17) is 11.6 Å². The summed E-state index contributed by atoms with van der Waals surface area (Å²) in [5, 5.41) is 30.5. The molecule has 17 nitrogen and oxygen atoms in total. The van der Waals surface area contributed by atoms with Crippen molar-refractivity contribution in [2.45, 2.75) is 65.1 Å². The number of carbonyl (C=O) groups excluding carboxylic acids is 5. The number of fused-ring (bicyclic) bond motifs is 1. The van der Waals surface area contributed by atoms with Gasteiger partial charge >= 0.3 is 11.9 Å². The Morgan fingerprint density at radius 2 is 1.50 bits per heavy atom. The number of nitrogens with one attached hydrogen (secondary N) is 5. The molecule has 0 aliphatic rings. The van der Waals surface area contributed by atoms with Crippen LogP contribution in [0.2, 0.25) is 5.02 Å². The van der Waals surface area contributed by atoms with Crippen molar-refractivity contribution in [3.8, 4) is 0 Å². The van der Waals surface area contributed by atoms with E-state index in [-0.39, 0.29) is 29.2 Å². The minimum atomic E-state index is -1.66. The highest BCUT2D eigenvalue weighted by atomic mass is 35.5.